The molecule has 0 atom stereocenters. The molecule has 2 rings (SSSR count). The quantitative estimate of drug-likeness (QED) is 0.421. The van der Waals surface area contributed by atoms with E-state index in [0.29, 0.717) is 0 Å². The molecule has 0 unspecified atom stereocenters. The molecule has 0 radical (unpaired) electrons. The summed E-state index contributed by atoms with van der Waals surface area (Å²) < 4.78 is 0. The van der Waals surface area contributed by atoms with Crippen molar-refractivity contribution in [2.24, 2.45) is 0 Å². The van der Waals surface area contributed by atoms with Crippen molar-refractivity contribution in [1.82, 2.24) is 31.3 Å². The molecule has 6 nitrogen and oxygen atoms in total. The monoisotopic (exact) mass is 242 g/mol. The molecule has 2 saturated heterocycles. The summed E-state index contributed by atoms with van der Waals surface area (Å²) in [4.78, 5) is 0. The first-order valence-electron chi connectivity index (χ1n) is 6.79. The number of rotatable bonds is 1. The Bertz CT molecular complexity index is 182. The first-order valence-corrected chi connectivity index (χ1v) is 6.79. The van der Waals surface area contributed by atoms with Gasteiger partial charge in [0.25, 0.3) is 0 Å². The second kappa shape index (κ2) is 7.97. The largest absolute Gasteiger partial charge is 0.314 e. The van der Waals surface area contributed by atoms with Gasteiger partial charge in [0.2, 0.25) is 0 Å². The average Bonchev–Trinajstić information content (AvgIpc) is 2.83. The molecule has 0 saturated carbocycles. The maximum absolute atomic E-state index is 3.48. The predicted octanol–water partition coefficient (Wildman–Crippen LogP) is -2.15. The van der Waals surface area contributed by atoms with Gasteiger partial charge in [0.05, 0.1) is 6.67 Å². The molecule has 0 aliphatic carbocycles. The standard InChI is InChI=1S/C11H26N6/c1-3-13-5-8-16(17-10-7-15-11-17)9-6-14-4-2-12-1/h12-15H,1-11H2. The zero-order chi connectivity index (χ0) is 11.8. The first-order chi connectivity index (χ1) is 8.47. The van der Waals surface area contributed by atoms with Crippen molar-refractivity contribution in [2.45, 2.75) is 0 Å². The highest BCUT2D eigenvalue weighted by Crippen LogP contribution is 1.99. The highest BCUT2D eigenvalue weighted by atomic mass is 15.7. The molecule has 0 aromatic heterocycles. The molecule has 0 spiro atoms. The summed E-state index contributed by atoms with van der Waals surface area (Å²) in [6, 6.07) is 0. The molecule has 17 heavy (non-hydrogen) atoms. The summed E-state index contributed by atoms with van der Waals surface area (Å²) in [5, 5.41) is 18.7. The molecule has 2 heterocycles. The van der Waals surface area contributed by atoms with Crippen LogP contribution < -0.4 is 21.3 Å². The van der Waals surface area contributed by atoms with Crippen LogP contribution in [0.4, 0.5) is 0 Å². The Morgan fingerprint density at radius 2 is 0.941 bits per heavy atom. The fraction of sp³-hybridized carbons (Fsp3) is 1.00. The number of nitrogens with zero attached hydrogens (tertiary/aromatic N) is 2. The van der Waals surface area contributed by atoms with E-state index in [2.05, 4.69) is 31.3 Å². The average molecular weight is 242 g/mol. The van der Waals surface area contributed by atoms with Gasteiger partial charge in [-0.25, -0.2) is 10.0 Å². The summed E-state index contributed by atoms with van der Waals surface area (Å²) in [6.45, 7) is 11.8. The van der Waals surface area contributed by atoms with Crippen LogP contribution in [0.3, 0.4) is 0 Å². The van der Waals surface area contributed by atoms with Crippen molar-refractivity contribution < 1.29 is 0 Å². The van der Waals surface area contributed by atoms with Crippen molar-refractivity contribution in [2.75, 3.05) is 72.1 Å². The Morgan fingerprint density at radius 3 is 1.47 bits per heavy atom. The number of hydrogen-bond donors (Lipinski definition) is 4. The lowest BCUT2D eigenvalue weighted by Crippen LogP contribution is -2.49. The van der Waals surface area contributed by atoms with Crippen LogP contribution >= 0.6 is 0 Å². The van der Waals surface area contributed by atoms with E-state index in [1.165, 1.54) is 0 Å². The van der Waals surface area contributed by atoms with Crippen LogP contribution in [-0.2, 0) is 0 Å². The van der Waals surface area contributed by atoms with Gasteiger partial charge in [-0.15, -0.1) is 0 Å². The molecule has 0 bridgehead atoms. The van der Waals surface area contributed by atoms with Gasteiger partial charge in [0, 0.05) is 65.4 Å². The van der Waals surface area contributed by atoms with Crippen LogP contribution in [0.1, 0.15) is 0 Å². The number of nitrogens with one attached hydrogen (secondary N) is 4. The minimum absolute atomic E-state index is 1.00. The summed E-state index contributed by atoms with van der Waals surface area (Å²) in [5.74, 6) is 0. The van der Waals surface area contributed by atoms with Crippen LogP contribution in [0.5, 0.6) is 0 Å². The highest BCUT2D eigenvalue weighted by molar-refractivity contribution is 4.68. The van der Waals surface area contributed by atoms with Crippen molar-refractivity contribution in [3.05, 3.63) is 0 Å². The van der Waals surface area contributed by atoms with Crippen molar-refractivity contribution in [3.63, 3.8) is 0 Å². The van der Waals surface area contributed by atoms with Crippen LogP contribution in [0.25, 0.3) is 0 Å². The van der Waals surface area contributed by atoms with E-state index in [9.17, 15) is 0 Å². The Hall–Kier alpha value is -0.240. The van der Waals surface area contributed by atoms with Crippen LogP contribution in [0.2, 0.25) is 0 Å². The fourth-order valence-electron chi connectivity index (χ4n) is 2.28. The molecule has 4 N–H and O–H groups in total. The van der Waals surface area contributed by atoms with Gasteiger partial charge in [-0.05, 0) is 0 Å². The fourth-order valence-corrected chi connectivity index (χ4v) is 2.28. The third kappa shape index (κ3) is 4.87. The van der Waals surface area contributed by atoms with Gasteiger partial charge in [0.15, 0.2) is 0 Å². The first kappa shape index (κ1) is 13.2. The molecular weight excluding hydrogens is 216 g/mol. The van der Waals surface area contributed by atoms with Gasteiger partial charge in [-0.1, -0.05) is 0 Å². The lowest BCUT2D eigenvalue weighted by Gasteiger charge is -2.31. The van der Waals surface area contributed by atoms with Crippen molar-refractivity contribution >= 4 is 0 Å². The van der Waals surface area contributed by atoms with Crippen LogP contribution in [0, 0.1) is 0 Å². The lowest BCUT2D eigenvalue weighted by molar-refractivity contribution is -0.00205. The van der Waals surface area contributed by atoms with Gasteiger partial charge in [0.1, 0.15) is 0 Å². The minimum Gasteiger partial charge on any atom is -0.314 e. The van der Waals surface area contributed by atoms with E-state index in [0.717, 1.165) is 72.1 Å². The molecule has 2 fully saturated rings. The topological polar surface area (TPSA) is 54.6 Å². The summed E-state index contributed by atoms with van der Waals surface area (Å²) >= 11 is 0. The highest BCUT2D eigenvalue weighted by Gasteiger charge is 2.18. The number of hydrazine groups is 1. The molecule has 0 amide bonds. The summed E-state index contributed by atoms with van der Waals surface area (Å²) in [7, 11) is 0. The van der Waals surface area contributed by atoms with E-state index < -0.39 is 0 Å². The van der Waals surface area contributed by atoms with Crippen LogP contribution in [0.15, 0.2) is 0 Å². The predicted molar refractivity (Wildman–Crippen MR) is 69.8 cm³/mol. The van der Waals surface area contributed by atoms with Crippen molar-refractivity contribution in [1.29, 1.82) is 0 Å². The molecule has 6 heteroatoms. The molecule has 2 aliphatic rings. The number of hydrogen-bond acceptors (Lipinski definition) is 6. The van der Waals surface area contributed by atoms with E-state index in [1.807, 2.05) is 0 Å². The van der Waals surface area contributed by atoms with E-state index >= 15 is 0 Å². The van der Waals surface area contributed by atoms with E-state index in [-0.39, 0.29) is 0 Å². The summed E-state index contributed by atoms with van der Waals surface area (Å²) in [6.07, 6.45) is 0. The molecular formula is C11H26N6. The molecule has 0 aromatic carbocycles. The summed E-state index contributed by atoms with van der Waals surface area (Å²) in [5.41, 5.74) is 0. The van der Waals surface area contributed by atoms with Gasteiger partial charge in [-0.2, -0.15) is 0 Å². The SMILES string of the molecule is C1CNCCN(N2CCNC2)CCNCCN1. The van der Waals surface area contributed by atoms with Gasteiger partial charge >= 0.3 is 0 Å². The zero-order valence-electron chi connectivity index (χ0n) is 10.7. The maximum atomic E-state index is 3.48. The van der Waals surface area contributed by atoms with Crippen LogP contribution in [-0.4, -0.2) is 82.1 Å². The Labute approximate surface area is 104 Å². The third-order valence-corrected chi connectivity index (χ3v) is 3.29. The molecule has 0 aromatic rings. The lowest BCUT2D eigenvalue weighted by atomic mass is 10.4. The zero-order valence-corrected chi connectivity index (χ0v) is 10.7. The van der Waals surface area contributed by atoms with Crippen molar-refractivity contribution in [3.8, 4) is 0 Å². The van der Waals surface area contributed by atoms with Gasteiger partial charge in [-0.3, -0.25) is 0 Å². The third-order valence-electron chi connectivity index (χ3n) is 3.29. The minimum atomic E-state index is 1.00. The second-order valence-electron chi connectivity index (χ2n) is 4.59. The van der Waals surface area contributed by atoms with E-state index in [1.54, 1.807) is 0 Å². The van der Waals surface area contributed by atoms with E-state index in [4.69, 9.17) is 0 Å². The smallest absolute Gasteiger partial charge is 0.0624 e. The normalized spacial score (nSPS) is 27.5. The Balaban J connectivity index is 1.75. The van der Waals surface area contributed by atoms with Gasteiger partial charge < -0.3 is 21.3 Å². The second-order valence-corrected chi connectivity index (χ2v) is 4.59. The Kier molecular flexibility index (Phi) is 6.18. The molecule has 100 valence electrons. The molecule has 2 aliphatic heterocycles. The maximum Gasteiger partial charge on any atom is 0.0624 e. The Morgan fingerprint density at radius 1 is 0.471 bits per heavy atom.